The Labute approximate surface area is 112 Å². The topological polar surface area (TPSA) is 64.3 Å². The van der Waals surface area contributed by atoms with E-state index in [-0.39, 0.29) is 10.7 Å². The standard InChI is InChI=1S/C11H12ClF3N2O2/c1-10(16,11(13,14)15)9(18)17-6-3-4-8(19-2)7(12)5-6/h3-5H,16H2,1-2H3,(H,17,18). The smallest absolute Gasteiger partial charge is 0.415 e. The van der Waals surface area contributed by atoms with Gasteiger partial charge in [0.15, 0.2) is 5.54 Å². The first-order valence-corrected chi connectivity index (χ1v) is 5.48. The molecular formula is C11H12ClF3N2O2. The Bertz CT molecular complexity index is 489. The monoisotopic (exact) mass is 296 g/mol. The van der Waals surface area contributed by atoms with Crippen LogP contribution in [0.3, 0.4) is 0 Å². The van der Waals surface area contributed by atoms with Crippen molar-refractivity contribution in [3.05, 3.63) is 23.2 Å². The molecule has 0 fully saturated rings. The number of hydrogen-bond acceptors (Lipinski definition) is 3. The van der Waals surface area contributed by atoms with Crippen LogP contribution < -0.4 is 15.8 Å². The fourth-order valence-electron chi connectivity index (χ4n) is 1.13. The number of ether oxygens (including phenoxy) is 1. The predicted molar refractivity (Wildman–Crippen MR) is 65.3 cm³/mol. The molecule has 0 aliphatic carbocycles. The lowest BCUT2D eigenvalue weighted by Gasteiger charge is -2.26. The Morgan fingerprint density at radius 2 is 2.00 bits per heavy atom. The van der Waals surface area contributed by atoms with Gasteiger partial charge in [0.05, 0.1) is 12.1 Å². The summed E-state index contributed by atoms with van der Waals surface area (Å²) >= 11 is 5.79. The van der Waals surface area contributed by atoms with Crippen LogP contribution in [-0.2, 0) is 4.79 Å². The zero-order chi connectivity index (χ0) is 14.8. The molecule has 0 aliphatic heterocycles. The van der Waals surface area contributed by atoms with Crippen LogP contribution in [0.4, 0.5) is 18.9 Å². The van der Waals surface area contributed by atoms with Gasteiger partial charge < -0.3 is 15.8 Å². The van der Waals surface area contributed by atoms with E-state index in [0.717, 1.165) is 0 Å². The molecule has 0 saturated heterocycles. The van der Waals surface area contributed by atoms with Gasteiger partial charge in [0.2, 0.25) is 0 Å². The summed E-state index contributed by atoms with van der Waals surface area (Å²) in [6.45, 7) is 0.591. The molecule has 0 spiro atoms. The minimum Gasteiger partial charge on any atom is -0.495 e. The van der Waals surface area contributed by atoms with Crippen LogP contribution in [0.2, 0.25) is 5.02 Å². The number of alkyl halides is 3. The van der Waals surface area contributed by atoms with E-state index in [1.165, 1.54) is 25.3 Å². The molecule has 0 aromatic heterocycles. The van der Waals surface area contributed by atoms with E-state index in [1.807, 2.05) is 0 Å². The Kier molecular flexibility index (Phi) is 4.32. The summed E-state index contributed by atoms with van der Waals surface area (Å²) in [7, 11) is 1.39. The highest BCUT2D eigenvalue weighted by Gasteiger charge is 2.53. The number of carbonyl (C=O) groups excluding carboxylic acids is 1. The molecule has 0 heterocycles. The molecule has 1 unspecified atom stereocenters. The van der Waals surface area contributed by atoms with Gasteiger partial charge in [-0.25, -0.2) is 0 Å². The summed E-state index contributed by atoms with van der Waals surface area (Å²) in [4.78, 5) is 11.5. The zero-order valence-corrected chi connectivity index (χ0v) is 10.9. The lowest BCUT2D eigenvalue weighted by Crippen LogP contribution is -2.59. The molecule has 0 aliphatic rings. The second-order valence-corrected chi connectivity index (χ2v) is 4.41. The van der Waals surface area contributed by atoms with Crippen molar-refractivity contribution in [1.29, 1.82) is 0 Å². The van der Waals surface area contributed by atoms with Crippen molar-refractivity contribution < 1.29 is 22.7 Å². The fourth-order valence-corrected chi connectivity index (χ4v) is 1.39. The fraction of sp³-hybridized carbons (Fsp3) is 0.364. The molecule has 4 nitrogen and oxygen atoms in total. The van der Waals surface area contributed by atoms with E-state index in [0.29, 0.717) is 12.7 Å². The SMILES string of the molecule is COc1ccc(NC(=O)C(C)(N)C(F)(F)F)cc1Cl. The molecule has 0 saturated carbocycles. The number of methoxy groups -OCH3 is 1. The predicted octanol–water partition coefficient (Wildman–Crippen LogP) is 2.57. The third-order valence-electron chi connectivity index (χ3n) is 2.47. The summed E-state index contributed by atoms with van der Waals surface area (Å²) in [5.41, 5.74) is 2.09. The first-order valence-electron chi connectivity index (χ1n) is 5.10. The molecule has 8 heteroatoms. The van der Waals surface area contributed by atoms with Gasteiger partial charge in [-0.2, -0.15) is 13.2 Å². The Hall–Kier alpha value is -1.47. The Morgan fingerprint density at radius 3 is 2.42 bits per heavy atom. The number of halogens is 4. The van der Waals surface area contributed by atoms with Crippen molar-refractivity contribution in [1.82, 2.24) is 0 Å². The molecule has 19 heavy (non-hydrogen) atoms. The summed E-state index contributed by atoms with van der Waals surface area (Å²) in [5, 5.41) is 2.22. The molecule has 1 atom stereocenters. The van der Waals surface area contributed by atoms with Gasteiger partial charge in [0, 0.05) is 5.69 Å². The van der Waals surface area contributed by atoms with Crippen molar-refractivity contribution in [2.45, 2.75) is 18.6 Å². The molecule has 1 aromatic rings. The van der Waals surface area contributed by atoms with Crippen molar-refractivity contribution >= 4 is 23.2 Å². The van der Waals surface area contributed by atoms with E-state index in [4.69, 9.17) is 22.1 Å². The number of hydrogen-bond donors (Lipinski definition) is 2. The number of benzene rings is 1. The number of amides is 1. The second-order valence-electron chi connectivity index (χ2n) is 4.00. The van der Waals surface area contributed by atoms with E-state index < -0.39 is 17.6 Å². The summed E-state index contributed by atoms with van der Waals surface area (Å²) < 4.78 is 42.5. The highest BCUT2D eigenvalue weighted by Crippen LogP contribution is 2.31. The number of rotatable bonds is 3. The van der Waals surface area contributed by atoms with Crippen LogP contribution >= 0.6 is 11.6 Å². The lowest BCUT2D eigenvalue weighted by atomic mass is 10.0. The lowest BCUT2D eigenvalue weighted by molar-refractivity contribution is -0.184. The van der Waals surface area contributed by atoms with Gasteiger partial charge in [0.25, 0.3) is 5.91 Å². The third kappa shape index (κ3) is 3.30. The molecule has 3 N–H and O–H groups in total. The Morgan fingerprint density at radius 1 is 1.42 bits per heavy atom. The minimum atomic E-state index is -4.85. The van der Waals surface area contributed by atoms with E-state index in [1.54, 1.807) is 0 Å². The van der Waals surface area contributed by atoms with Crippen LogP contribution in [0, 0.1) is 0 Å². The van der Waals surface area contributed by atoms with E-state index in [2.05, 4.69) is 5.32 Å². The van der Waals surface area contributed by atoms with Crippen LogP contribution in [-0.4, -0.2) is 24.7 Å². The first kappa shape index (κ1) is 15.6. The molecule has 0 bridgehead atoms. The maximum atomic E-state index is 12.6. The average molecular weight is 297 g/mol. The van der Waals surface area contributed by atoms with Gasteiger partial charge in [-0.3, -0.25) is 4.79 Å². The zero-order valence-electron chi connectivity index (χ0n) is 10.1. The van der Waals surface area contributed by atoms with E-state index >= 15 is 0 Å². The van der Waals surface area contributed by atoms with Crippen LogP contribution in [0.5, 0.6) is 5.75 Å². The number of carbonyl (C=O) groups is 1. The summed E-state index contributed by atoms with van der Waals surface area (Å²) in [6.07, 6.45) is -4.85. The number of anilines is 1. The number of nitrogens with two attached hydrogens (primary N) is 1. The third-order valence-corrected chi connectivity index (χ3v) is 2.77. The van der Waals surface area contributed by atoms with Crippen molar-refractivity contribution in [2.24, 2.45) is 5.73 Å². The van der Waals surface area contributed by atoms with Crippen molar-refractivity contribution in [3.63, 3.8) is 0 Å². The maximum absolute atomic E-state index is 12.6. The van der Waals surface area contributed by atoms with Crippen LogP contribution in [0.15, 0.2) is 18.2 Å². The molecule has 0 radical (unpaired) electrons. The van der Waals surface area contributed by atoms with Crippen LogP contribution in [0.1, 0.15) is 6.92 Å². The van der Waals surface area contributed by atoms with Crippen molar-refractivity contribution in [2.75, 3.05) is 12.4 Å². The molecule has 106 valence electrons. The van der Waals surface area contributed by atoms with Crippen molar-refractivity contribution in [3.8, 4) is 5.75 Å². The normalized spacial score (nSPS) is 14.7. The molecule has 1 rings (SSSR count). The number of nitrogens with one attached hydrogen (secondary N) is 1. The quantitative estimate of drug-likeness (QED) is 0.901. The highest BCUT2D eigenvalue weighted by atomic mass is 35.5. The summed E-state index contributed by atoms with van der Waals surface area (Å²) in [6, 6.07) is 4.04. The van der Waals surface area contributed by atoms with Gasteiger partial charge in [-0.1, -0.05) is 11.6 Å². The first-order chi connectivity index (χ1) is 8.59. The van der Waals surface area contributed by atoms with Gasteiger partial charge in [-0.15, -0.1) is 0 Å². The van der Waals surface area contributed by atoms with Gasteiger partial charge >= 0.3 is 6.18 Å². The Balaban J connectivity index is 2.92. The molecular weight excluding hydrogens is 285 g/mol. The largest absolute Gasteiger partial charge is 0.495 e. The highest BCUT2D eigenvalue weighted by molar-refractivity contribution is 6.32. The van der Waals surface area contributed by atoms with Crippen LogP contribution in [0.25, 0.3) is 0 Å². The summed E-state index contributed by atoms with van der Waals surface area (Å²) in [5.74, 6) is -1.03. The van der Waals surface area contributed by atoms with Gasteiger partial charge in [0.1, 0.15) is 5.75 Å². The maximum Gasteiger partial charge on any atom is 0.415 e. The van der Waals surface area contributed by atoms with E-state index in [9.17, 15) is 18.0 Å². The minimum absolute atomic E-state index is 0.0942. The average Bonchev–Trinajstić information content (AvgIpc) is 2.27. The second kappa shape index (κ2) is 5.26. The molecule has 1 amide bonds. The van der Waals surface area contributed by atoms with Gasteiger partial charge in [-0.05, 0) is 25.1 Å². The molecule has 1 aromatic carbocycles.